The second-order valence-corrected chi connectivity index (χ2v) is 18.3. The molecule has 2 saturated heterocycles. The van der Waals surface area contributed by atoms with Gasteiger partial charge < -0.3 is 62.2 Å². The fourth-order valence-electron chi connectivity index (χ4n) is 7.49. The smallest absolute Gasteiger partial charge is 0.497 e. The highest BCUT2D eigenvalue weighted by Gasteiger charge is 2.57. The lowest BCUT2D eigenvalue weighted by Crippen LogP contribution is -2.69. The summed E-state index contributed by atoms with van der Waals surface area (Å²) in [5, 5.41) is 6.66. The quantitative estimate of drug-likeness (QED) is 0.0140. The Labute approximate surface area is 424 Å². The number of methoxy groups -OCH3 is 2. The number of esters is 1. The van der Waals surface area contributed by atoms with Gasteiger partial charge in [-0.2, -0.15) is 0 Å². The maximum atomic E-state index is 13.9. The van der Waals surface area contributed by atoms with E-state index in [2.05, 4.69) is 21.9 Å². The van der Waals surface area contributed by atoms with Crippen LogP contribution in [0.25, 0.3) is 10.4 Å². The van der Waals surface area contributed by atoms with Crippen LogP contribution in [0.5, 0.6) is 5.75 Å². The van der Waals surface area contributed by atoms with Crippen LogP contribution in [0, 0.1) is 0 Å². The molecule has 10 atom stereocenters. The van der Waals surface area contributed by atoms with Gasteiger partial charge in [-0.25, -0.2) is 14.4 Å². The molecule has 2 aliphatic rings. The summed E-state index contributed by atoms with van der Waals surface area (Å²) in [6, 6.07) is 31.5. The molecule has 0 radical (unpaired) electrons. The molecule has 0 aliphatic carbocycles. The highest BCUT2D eigenvalue weighted by Crippen LogP contribution is 2.36. The molecule has 6 rings (SSSR count). The first-order chi connectivity index (χ1) is 34.4. The van der Waals surface area contributed by atoms with Crippen molar-refractivity contribution in [2.75, 3.05) is 34.0 Å². The van der Waals surface area contributed by atoms with Crippen LogP contribution in [-0.4, -0.2) is 117 Å². The van der Waals surface area contributed by atoms with Crippen molar-refractivity contribution in [3.05, 3.63) is 161 Å². The van der Waals surface area contributed by atoms with Gasteiger partial charge in [0, 0.05) is 4.91 Å². The second-order valence-electron chi connectivity index (χ2n) is 15.8. The number of carbonyl (C=O) groups is 3. The Kier molecular flexibility index (Phi) is 21.4. The molecule has 0 unspecified atom stereocenters. The van der Waals surface area contributed by atoms with E-state index in [0.717, 1.165) is 23.8 Å². The fraction of sp³-hybridized carbons (Fsp3) is 0.408. The van der Waals surface area contributed by atoms with Gasteiger partial charge >= 0.3 is 18.2 Å². The minimum absolute atomic E-state index is 0.00337. The van der Waals surface area contributed by atoms with Crippen LogP contribution in [0.2, 0.25) is 0 Å². The highest BCUT2D eigenvalue weighted by molar-refractivity contribution is 6.67. The van der Waals surface area contributed by atoms with Crippen LogP contribution in [0.1, 0.15) is 22.3 Å². The first-order valence-electron chi connectivity index (χ1n) is 22.1. The van der Waals surface area contributed by atoms with Gasteiger partial charge in [-0.1, -0.05) is 149 Å². The van der Waals surface area contributed by atoms with E-state index in [-0.39, 0.29) is 39.6 Å². The Morgan fingerprint density at radius 1 is 0.732 bits per heavy atom. The summed E-state index contributed by atoms with van der Waals surface area (Å²) < 4.78 is 70.2. The Morgan fingerprint density at radius 2 is 1.32 bits per heavy atom. The Hall–Kier alpha value is -5.67. The van der Waals surface area contributed by atoms with Crippen molar-refractivity contribution in [2.45, 2.75) is 91.5 Å². The number of hydrogen-bond acceptors (Lipinski definition) is 16. The SMILES string of the molecule is C=CCO[C@H]1O[C@H](C(=O)OC)[C@@H](O[C@H]2O[C@H](COCc3ccccc3)[C@@H](OCc3ccc(OC)cc3)[C@H](OCc3ccccc3)[C@H]2N=[N+]=[N-])[C@H](OC(=O)OCc2ccccc2)[C@H]1NC(=O)OCC(Cl)(Cl)Cl. The number of rotatable bonds is 23. The third kappa shape index (κ3) is 16.7. The topological polar surface area (TPSA) is 223 Å². The van der Waals surface area contributed by atoms with Crippen molar-refractivity contribution < 1.29 is 71.2 Å². The molecule has 4 aromatic rings. The van der Waals surface area contributed by atoms with Crippen molar-refractivity contribution in [1.29, 1.82) is 0 Å². The largest absolute Gasteiger partial charge is 0.509 e. The van der Waals surface area contributed by atoms with E-state index in [1.165, 1.54) is 6.08 Å². The third-order valence-corrected chi connectivity index (χ3v) is 11.1. The number of ether oxygens (including phenoxy) is 12. The molecule has 71 heavy (non-hydrogen) atoms. The van der Waals surface area contributed by atoms with Crippen molar-refractivity contribution in [2.24, 2.45) is 5.11 Å². The van der Waals surface area contributed by atoms with E-state index in [1.807, 2.05) is 72.8 Å². The van der Waals surface area contributed by atoms with Crippen molar-refractivity contribution >= 4 is 53.0 Å². The van der Waals surface area contributed by atoms with Crippen LogP contribution >= 0.6 is 34.8 Å². The summed E-state index contributed by atoms with van der Waals surface area (Å²) in [6.07, 6.45) is -13.0. The number of amides is 1. The molecule has 2 heterocycles. The molecule has 0 bridgehead atoms. The molecule has 2 aliphatic heterocycles. The zero-order valence-electron chi connectivity index (χ0n) is 38.6. The van der Waals surface area contributed by atoms with Crippen molar-refractivity contribution in [3.63, 3.8) is 0 Å². The first-order valence-corrected chi connectivity index (χ1v) is 23.2. The summed E-state index contributed by atoms with van der Waals surface area (Å²) in [4.78, 5) is 44.3. The van der Waals surface area contributed by atoms with E-state index >= 15 is 0 Å². The molecule has 0 saturated carbocycles. The molecular weight excluding hydrogens is 991 g/mol. The molecule has 22 heteroatoms. The number of halogens is 3. The molecule has 1 N–H and O–H groups in total. The number of nitrogens with one attached hydrogen (secondary N) is 1. The maximum absolute atomic E-state index is 13.9. The Bertz CT molecular complexity index is 2330. The number of azide groups is 1. The van der Waals surface area contributed by atoms with Crippen molar-refractivity contribution in [1.82, 2.24) is 5.32 Å². The van der Waals surface area contributed by atoms with Gasteiger partial charge in [0.2, 0.25) is 3.79 Å². The van der Waals surface area contributed by atoms with Gasteiger partial charge in [-0.3, -0.25) is 0 Å². The monoisotopic (exact) mass is 1040 g/mol. The van der Waals surface area contributed by atoms with Crippen LogP contribution in [-0.2, 0) is 83.3 Å². The van der Waals surface area contributed by atoms with Gasteiger partial charge in [0.15, 0.2) is 24.8 Å². The predicted octanol–water partition coefficient (Wildman–Crippen LogP) is 8.46. The van der Waals surface area contributed by atoms with Crippen molar-refractivity contribution in [3.8, 4) is 5.75 Å². The summed E-state index contributed by atoms with van der Waals surface area (Å²) in [5.41, 5.74) is 13.2. The summed E-state index contributed by atoms with van der Waals surface area (Å²) in [7, 11) is 2.64. The summed E-state index contributed by atoms with van der Waals surface area (Å²) in [5.74, 6) is -0.406. The normalized spacial score (nSPS) is 24.1. The molecule has 4 aromatic carbocycles. The second kappa shape index (κ2) is 27.8. The average Bonchev–Trinajstić information content (AvgIpc) is 3.38. The summed E-state index contributed by atoms with van der Waals surface area (Å²) >= 11 is 17.7. The van der Waals surface area contributed by atoms with Crippen LogP contribution in [0.15, 0.2) is 133 Å². The molecule has 0 aromatic heterocycles. The number of alkyl halides is 3. The van der Waals surface area contributed by atoms with E-state index in [1.54, 1.807) is 49.6 Å². The first kappa shape index (κ1) is 54.7. The number of alkyl carbamates (subject to hydrolysis) is 1. The lowest BCUT2D eigenvalue weighted by Gasteiger charge is -2.48. The lowest BCUT2D eigenvalue weighted by molar-refractivity contribution is -0.332. The number of benzene rings is 4. The number of carbonyl (C=O) groups excluding carboxylic acids is 3. The number of hydrogen-bond donors (Lipinski definition) is 1. The molecule has 0 spiro atoms. The Balaban J connectivity index is 1.42. The van der Waals surface area contributed by atoms with Gasteiger partial charge in [-0.05, 0) is 39.9 Å². The molecule has 1 amide bonds. The van der Waals surface area contributed by atoms with E-state index in [9.17, 15) is 19.9 Å². The van der Waals surface area contributed by atoms with Gasteiger partial charge in [0.25, 0.3) is 0 Å². The van der Waals surface area contributed by atoms with Gasteiger partial charge in [0.05, 0.1) is 47.3 Å². The van der Waals surface area contributed by atoms with E-state index in [4.69, 9.17) is 91.6 Å². The summed E-state index contributed by atoms with van der Waals surface area (Å²) in [6.45, 7) is 2.55. The molecular formula is C49H53Cl3N4O15. The van der Waals surface area contributed by atoms with Gasteiger partial charge in [-0.15, -0.1) is 6.58 Å². The lowest BCUT2D eigenvalue weighted by atomic mass is 9.94. The molecule has 2 fully saturated rings. The van der Waals surface area contributed by atoms with Crippen LogP contribution in [0.3, 0.4) is 0 Å². The average molecular weight is 1040 g/mol. The van der Waals surface area contributed by atoms with Gasteiger partial charge in [0.1, 0.15) is 55.5 Å². The minimum Gasteiger partial charge on any atom is -0.497 e. The third-order valence-electron chi connectivity index (χ3n) is 10.8. The maximum Gasteiger partial charge on any atom is 0.509 e. The highest BCUT2D eigenvalue weighted by atomic mass is 35.6. The standard InChI is InChI=1S/C49H53Cl3N4O15/c1-4-24-63-45-37(54-47(58)67-30-49(50,51)52)41(71-48(59)66-28-33-18-12-7-13-19-33)42(43(70-45)44(57)61-3)69-46-38(55-56-53)40(65-26-32-16-10-6-11-17-32)39(64-27-34-20-22-35(60-2)23-21-34)36(68-46)29-62-25-31-14-8-5-9-15-31/h4-23,36-43,45-46H,1,24-30H2,2-3H3,(H,54,58)/t36-,37-,38-,39-,40-,41-,42+,43+,45+,46-/m1/s1. The minimum atomic E-state index is -2.02. The molecule has 19 nitrogen and oxygen atoms in total. The van der Waals surface area contributed by atoms with Crippen LogP contribution in [0.4, 0.5) is 9.59 Å². The zero-order chi connectivity index (χ0) is 50.6. The zero-order valence-corrected chi connectivity index (χ0v) is 40.8. The Morgan fingerprint density at radius 3 is 1.90 bits per heavy atom. The van der Waals surface area contributed by atoms with Crippen LogP contribution < -0.4 is 10.1 Å². The fourth-order valence-corrected chi connectivity index (χ4v) is 7.66. The molecule has 380 valence electrons. The van der Waals surface area contributed by atoms with E-state index in [0.29, 0.717) is 11.3 Å². The predicted molar refractivity (Wildman–Crippen MR) is 256 cm³/mol. The number of nitrogens with zero attached hydrogens (tertiary/aromatic N) is 3. The van der Waals surface area contributed by atoms with E-state index < -0.39 is 89.9 Å².